The molecule has 1 aliphatic rings. The third kappa shape index (κ3) is 3.92. The van der Waals surface area contributed by atoms with Gasteiger partial charge in [-0.05, 0) is 42.7 Å². The number of likely N-dealkylation sites (tertiary alicyclic amines) is 1. The predicted molar refractivity (Wildman–Crippen MR) is 110 cm³/mol. The maximum Gasteiger partial charge on any atom is 0.335 e. The number of carboxylic acid groups (broad SMARTS) is 1. The number of hydrogen-bond acceptors (Lipinski definition) is 3. The van der Waals surface area contributed by atoms with Crippen molar-refractivity contribution in [2.75, 3.05) is 13.1 Å². The molecule has 0 aliphatic carbocycles. The first kappa shape index (κ1) is 18.9. The van der Waals surface area contributed by atoms with Crippen molar-refractivity contribution >= 4 is 22.8 Å². The van der Waals surface area contributed by atoms with Crippen LogP contribution in [0.4, 0.5) is 0 Å². The highest BCUT2D eigenvalue weighted by Gasteiger charge is 2.25. The van der Waals surface area contributed by atoms with Gasteiger partial charge >= 0.3 is 5.97 Å². The quantitative estimate of drug-likeness (QED) is 0.742. The first-order chi connectivity index (χ1) is 14.0. The first-order valence-corrected chi connectivity index (χ1v) is 9.72. The summed E-state index contributed by atoms with van der Waals surface area (Å²) in [6.07, 6.45) is 3.55. The van der Waals surface area contributed by atoms with Crippen molar-refractivity contribution in [1.29, 1.82) is 0 Å². The number of fused-ring (bicyclic) bond motifs is 1. The van der Waals surface area contributed by atoms with Crippen LogP contribution in [-0.2, 0) is 11.3 Å². The molecule has 6 nitrogen and oxygen atoms in total. The summed E-state index contributed by atoms with van der Waals surface area (Å²) in [5.41, 5.74) is 2.03. The minimum absolute atomic E-state index is 0.0191. The Kier molecular flexibility index (Phi) is 5.16. The zero-order valence-corrected chi connectivity index (χ0v) is 16.0. The van der Waals surface area contributed by atoms with Gasteiger partial charge in [-0.25, -0.2) is 4.79 Å². The molecule has 0 radical (unpaired) electrons. The highest BCUT2D eigenvalue weighted by molar-refractivity contribution is 5.87. The lowest BCUT2D eigenvalue weighted by Crippen LogP contribution is -2.41. The molecule has 6 heteroatoms. The lowest BCUT2D eigenvalue weighted by atomic mass is 9.90. The first-order valence-electron chi connectivity index (χ1n) is 9.72. The third-order valence-corrected chi connectivity index (χ3v) is 5.59. The molecule has 1 N–H and O–H groups in total. The van der Waals surface area contributed by atoms with Gasteiger partial charge in [0.1, 0.15) is 6.54 Å². The Hall–Kier alpha value is -3.41. The van der Waals surface area contributed by atoms with Crippen LogP contribution in [0.3, 0.4) is 0 Å². The normalized spacial score (nSPS) is 16.7. The van der Waals surface area contributed by atoms with Gasteiger partial charge in [0, 0.05) is 36.7 Å². The SMILES string of the molecule is O=C(O)c1ccc([C@H]2CCCN(C(=O)Cn3ccc(=O)c4ccccc43)C2)cc1. The molecule has 1 aromatic heterocycles. The van der Waals surface area contributed by atoms with Gasteiger partial charge in [-0.15, -0.1) is 0 Å². The van der Waals surface area contributed by atoms with E-state index in [-0.39, 0.29) is 29.4 Å². The van der Waals surface area contributed by atoms with Crippen molar-refractivity contribution < 1.29 is 14.7 Å². The van der Waals surface area contributed by atoms with E-state index in [1.807, 2.05) is 39.8 Å². The Balaban J connectivity index is 1.50. The number of nitrogens with zero attached hydrogens (tertiary/aromatic N) is 2. The molecule has 1 amide bonds. The number of benzene rings is 2. The van der Waals surface area contributed by atoms with Gasteiger partial charge in [0.05, 0.1) is 11.1 Å². The van der Waals surface area contributed by atoms with Crippen LogP contribution < -0.4 is 5.43 Å². The van der Waals surface area contributed by atoms with Gasteiger partial charge in [0.25, 0.3) is 0 Å². The smallest absolute Gasteiger partial charge is 0.335 e. The van der Waals surface area contributed by atoms with Crippen LogP contribution in [0.1, 0.15) is 34.7 Å². The average molecular weight is 390 g/mol. The Morgan fingerprint density at radius 3 is 2.55 bits per heavy atom. The molecule has 0 bridgehead atoms. The number of hydrogen-bond donors (Lipinski definition) is 1. The lowest BCUT2D eigenvalue weighted by molar-refractivity contribution is -0.133. The highest BCUT2D eigenvalue weighted by Crippen LogP contribution is 2.27. The Labute approximate surface area is 168 Å². The summed E-state index contributed by atoms with van der Waals surface area (Å²) < 4.78 is 1.82. The third-order valence-electron chi connectivity index (χ3n) is 5.59. The van der Waals surface area contributed by atoms with E-state index in [1.54, 1.807) is 24.4 Å². The maximum atomic E-state index is 13.0. The Bertz CT molecular complexity index is 1120. The number of amides is 1. The molecule has 1 atom stereocenters. The zero-order chi connectivity index (χ0) is 20.4. The van der Waals surface area contributed by atoms with E-state index in [1.165, 1.54) is 6.07 Å². The van der Waals surface area contributed by atoms with Gasteiger partial charge in [0.15, 0.2) is 5.43 Å². The molecule has 1 aliphatic heterocycles. The monoisotopic (exact) mass is 390 g/mol. The van der Waals surface area contributed by atoms with Crippen LogP contribution in [0.25, 0.3) is 10.9 Å². The van der Waals surface area contributed by atoms with Crippen LogP contribution in [0.15, 0.2) is 65.6 Å². The van der Waals surface area contributed by atoms with E-state index in [2.05, 4.69) is 0 Å². The van der Waals surface area contributed by atoms with Crippen molar-refractivity contribution in [2.24, 2.45) is 0 Å². The molecule has 1 fully saturated rings. The number of para-hydroxylation sites is 1. The van der Waals surface area contributed by atoms with Gasteiger partial charge in [0.2, 0.25) is 5.91 Å². The molecule has 4 rings (SSSR count). The van der Waals surface area contributed by atoms with Gasteiger partial charge in [-0.2, -0.15) is 0 Å². The Morgan fingerprint density at radius 2 is 1.79 bits per heavy atom. The largest absolute Gasteiger partial charge is 0.478 e. The van der Waals surface area contributed by atoms with Gasteiger partial charge < -0.3 is 14.6 Å². The van der Waals surface area contributed by atoms with Crippen LogP contribution in [-0.4, -0.2) is 39.5 Å². The second kappa shape index (κ2) is 7.91. The number of aromatic carboxylic acids is 1. The number of aromatic nitrogens is 1. The number of pyridine rings is 1. The predicted octanol–water partition coefficient (Wildman–Crippen LogP) is 3.11. The molecule has 0 spiro atoms. The zero-order valence-electron chi connectivity index (χ0n) is 16.0. The van der Waals surface area contributed by atoms with E-state index in [0.717, 1.165) is 23.9 Å². The molecule has 1 saturated heterocycles. The fraction of sp³-hybridized carbons (Fsp3) is 0.261. The fourth-order valence-corrected chi connectivity index (χ4v) is 4.02. The van der Waals surface area contributed by atoms with Gasteiger partial charge in [-0.3, -0.25) is 9.59 Å². The molecule has 29 heavy (non-hydrogen) atoms. The summed E-state index contributed by atoms with van der Waals surface area (Å²) in [7, 11) is 0. The summed E-state index contributed by atoms with van der Waals surface area (Å²) in [4.78, 5) is 37.9. The van der Waals surface area contributed by atoms with Crippen molar-refractivity contribution in [1.82, 2.24) is 9.47 Å². The number of carbonyl (C=O) groups excluding carboxylic acids is 1. The van der Waals surface area contributed by atoms with E-state index in [4.69, 9.17) is 5.11 Å². The van der Waals surface area contributed by atoms with Gasteiger partial charge in [-0.1, -0.05) is 24.3 Å². The fourth-order valence-electron chi connectivity index (χ4n) is 4.02. The second-order valence-electron chi connectivity index (χ2n) is 7.43. The standard InChI is InChI=1S/C23H22N2O4/c26-21-11-13-24(20-6-2-1-5-19(20)21)15-22(27)25-12-3-4-18(14-25)16-7-9-17(10-8-16)23(28)29/h1-2,5-11,13,18H,3-4,12,14-15H2,(H,28,29)/t18-/m0/s1. The maximum absolute atomic E-state index is 13.0. The highest BCUT2D eigenvalue weighted by atomic mass is 16.4. The van der Waals surface area contributed by atoms with Crippen molar-refractivity contribution in [3.63, 3.8) is 0 Å². The molecule has 0 saturated carbocycles. The number of carboxylic acids is 1. The molecule has 148 valence electrons. The number of rotatable bonds is 4. The summed E-state index contributed by atoms with van der Waals surface area (Å²) in [5.74, 6) is -0.725. The molecule has 3 aromatic rings. The molecule has 0 unspecified atom stereocenters. The second-order valence-corrected chi connectivity index (χ2v) is 7.43. The van der Waals surface area contributed by atoms with E-state index < -0.39 is 5.97 Å². The van der Waals surface area contributed by atoms with Crippen molar-refractivity contribution in [2.45, 2.75) is 25.3 Å². The van der Waals surface area contributed by atoms with Crippen LogP contribution >= 0.6 is 0 Å². The summed E-state index contributed by atoms with van der Waals surface area (Å²) in [6, 6.07) is 15.7. The molecule has 2 heterocycles. The van der Waals surface area contributed by atoms with Crippen LogP contribution in [0.5, 0.6) is 0 Å². The van der Waals surface area contributed by atoms with Crippen molar-refractivity contribution in [3.8, 4) is 0 Å². The van der Waals surface area contributed by atoms with Crippen LogP contribution in [0, 0.1) is 0 Å². The minimum atomic E-state index is -0.939. The molecular formula is C23H22N2O4. The Morgan fingerprint density at radius 1 is 1.03 bits per heavy atom. The van der Waals surface area contributed by atoms with Crippen molar-refractivity contribution in [3.05, 3.63) is 82.1 Å². The topological polar surface area (TPSA) is 79.6 Å². The van der Waals surface area contributed by atoms with E-state index in [9.17, 15) is 14.4 Å². The van der Waals surface area contributed by atoms with E-state index >= 15 is 0 Å². The molecular weight excluding hydrogens is 368 g/mol. The lowest BCUT2D eigenvalue weighted by Gasteiger charge is -2.33. The summed E-state index contributed by atoms with van der Waals surface area (Å²) in [6.45, 7) is 1.51. The number of carbonyl (C=O) groups is 2. The summed E-state index contributed by atoms with van der Waals surface area (Å²) in [5, 5.41) is 9.67. The summed E-state index contributed by atoms with van der Waals surface area (Å²) >= 11 is 0. The van der Waals surface area contributed by atoms with Crippen LogP contribution in [0.2, 0.25) is 0 Å². The molecule has 2 aromatic carbocycles. The van der Waals surface area contributed by atoms with E-state index in [0.29, 0.717) is 18.5 Å². The minimum Gasteiger partial charge on any atom is -0.478 e. The number of piperidine rings is 1. The average Bonchev–Trinajstić information content (AvgIpc) is 2.76.